The maximum absolute atomic E-state index is 12.0. The molecule has 1 heterocycles. The molecule has 0 saturated carbocycles. The summed E-state index contributed by atoms with van der Waals surface area (Å²) in [5.41, 5.74) is 0.696. The van der Waals surface area contributed by atoms with Crippen LogP contribution in [0.25, 0.3) is 0 Å². The average Bonchev–Trinajstić information content (AvgIpc) is 2.47. The van der Waals surface area contributed by atoms with Crippen LogP contribution in [-0.4, -0.2) is 51.0 Å². The van der Waals surface area contributed by atoms with Crippen molar-refractivity contribution in [3.63, 3.8) is 0 Å². The van der Waals surface area contributed by atoms with Gasteiger partial charge in [-0.2, -0.15) is 0 Å². The first-order valence-electron chi connectivity index (χ1n) is 6.85. The maximum Gasteiger partial charge on any atom is 0.328 e. The second-order valence-corrected chi connectivity index (χ2v) is 7.04. The van der Waals surface area contributed by atoms with Crippen LogP contribution in [0.2, 0.25) is 0 Å². The Bertz CT molecular complexity index is 596. The minimum atomic E-state index is -3.25. The van der Waals surface area contributed by atoms with Crippen LogP contribution in [0, 0.1) is 0 Å². The van der Waals surface area contributed by atoms with Crippen molar-refractivity contribution in [3.8, 4) is 0 Å². The molecule has 1 aliphatic heterocycles. The summed E-state index contributed by atoms with van der Waals surface area (Å²) in [6.07, 6.45) is 0.564. The summed E-state index contributed by atoms with van der Waals surface area (Å²) in [6.45, 7) is 2.88. The molecule has 0 aromatic heterocycles. The number of hydrogen-bond donors (Lipinski definition) is 1. The Labute approximate surface area is 124 Å². The van der Waals surface area contributed by atoms with Crippen molar-refractivity contribution in [3.05, 3.63) is 24.3 Å². The quantitative estimate of drug-likeness (QED) is 0.878. The zero-order valence-electron chi connectivity index (χ0n) is 11.9. The molecule has 1 aliphatic rings. The number of carbonyl (C=O) groups is 1. The number of morpholine rings is 1. The molecule has 2 rings (SSSR count). The third kappa shape index (κ3) is 3.54. The molecule has 1 saturated heterocycles. The Morgan fingerprint density at radius 2 is 2.05 bits per heavy atom. The molecule has 1 aromatic carbocycles. The fourth-order valence-electron chi connectivity index (χ4n) is 2.35. The summed E-state index contributed by atoms with van der Waals surface area (Å²) >= 11 is 0. The lowest BCUT2D eigenvalue weighted by Crippen LogP contribution is -2.50. The van der Waals surface area contributed by atoms with E-state index in [1.54, 1.807) is 17.0 Å². The highest BCUT2D eigenvalue weighted by atomic mass is 32.2. The van der Waals surface area contributed by atoms with Gasteiger partial charge < -0.3 is 14.7 Å². The summed E-state index contributed by atoms with van der Waals surface area (Å²) in [5, 5.41) is 9.21. The molecule has 0 radical (unpaired) electrons. The number of benzene rings is 1. The van der Waals surface area contributed by atoms with Gasteiger partial charge in [0.25, 0.3) is 0 Å². The van der Waals surface area contributed by atoms with E-state index in [0.29, 0.717) is 25.3 Å². The van der Waals surface area contributed by atoms with Crippen molar-refractivity contribution in [2.75, 3.05) is 30.4 Å². The van der Waals surface area contributed by atoms with Crippen LogP contribution in [0.1, 0.15) is 13.3 Å². The van der Waals surface area contributed by atoms with Crippen molar-refractivity contribution in [2.24, 2.45) is 0 Å². The molecule has 0 amide bonds. The second-order valence-electron chi connectivity index (χ2n) is 4.94. The highest BCUT2D eigenvalue weighted by Crippen LogP contribution is 2.22. The van der Waals surface area contributed by atoms with Crippen molar-refractivity contribution in [2.45, 2.75) is 24.3 Å². The number of ether oxygens (including phenoxy) is 1. The standard InChI is InChI=1S/C14H19NO5S/c1-2-9-21(18,19)12-5-3-11(4-6-12)15-7-8-20-10-13(15)14(16)17/h3-6,13H,2,7-10H2,1H3,(H,16,17). The number of nitrogens with zero attached hydrogens (tertiary/aromatic N) is 1. The highest BCUT2D eigenvalue weighted by molar-refractivity contribution is 7.91. The van der Waals surface area contributed by atoms with Crippen LogP contribution in [0.3, 0.4) is 0 Å². The molecule has 0 spiro atoms. The minimum Gasteiger partial charge on any atom is -0.480 e. The molecule has 6 nitrogen and oxygen atoms in total. The Hall–Kier alpha value is -1.60. The van der Waals surface area contributed by atoms with Crippen LogP contribution >= 0.6 is 0 Å². The summed E-state index contributed by atoms with van der Waals surface area (Å²) in [5.74, 6) is -0.834. The maximum atomic E-state index is 12.0. The van der Waals surface area contributed by atoms with E-state index in [2.05, 4.69) is 0 Å². The molecule has 1 aromatic rings. The molecular weight excluding hydrogens is 294 g/mol. The lowest BCUT2D eigenvalue weighted by atomic mass is 10.2. The Kier molecular flexibility index (Phi) is 4.84. The fourth-order valence-corrected chi connectivity index (χ4v) is 3.67. The van der Waals surface area contributed by atoms with E-state index < -0.39 is 21.8 Å². The fraction of sp³-hybridized carbons (Fsp3) is 0.500. The van der Waals surface area contributed by atoms with Gasteiger partial charge in [0.15, 0.2) is 15.9 Å². The zero-order valence-corrected chi connectivity index (χ0v) is 12.7. The van der Waals surface area contributed by atoms with E-state index in [9.17, 15) is 18.3 Å². The smallest absolute Gasteiger partial charge is 0.328 e. The molecule has 0 bridgehead atoms. The van der Waals surface area contributed by atoms with Crippen molar-refractivity contribution in [1.82, 2.24) is 0 Å². The third-order valence-corrected chi connectivity index (χ3v) is 5.35. The SMILES string of the molecule is CCCS(=O)(=O)c1ccc(N2CCOCC2C(=O)O)cc1. The molecule has 0 aliphatic carbocycles. The van der Waals surface area contributed by atoms with E-state index in [-0.39, 0.29) is 17.3 Å². The van der Waals surface area contributed by atoms with Gasteiger partial charge in [-0.05, 0) is 30.7 Å². The molecule has 1 fully saturated rings. The lowest BCUT2D eigenvalue weighted by Gasteiger charge is -2.34. The van der Waals surface area contributed by atoms with Crippen LogP contribution in [0.5, 0.6) is 0 Å². The van der Waals surface area contributed by atoms with Crippen molar-refractivity contribution < 1.29 is 23.1 Å². The van der Waals surface area contributed by atoms with Crippen LogP contribution in [0.15, 0.2) is 29.2 Å². The van der Waals surface area contributed by atoms with Crippen molar-refractivity contribution in [1.29, 1.82) is 0 Å². The first-order valence-corrected chi connectivity index (χ1v) is 8.51. The first-order chi connectivity index (χ1) is 9.95. The van der Waals surface area contributed by atoms with Gasteiger partial charge in [0.2, 0.25) is 0 Å². The van der Waals surface area contributed by atoms with E-state index >= 15 is 0 Å². The van der Waals surface area contributed by atoms with E-state index in [1.807, 2.05) is 6.92 Å². The molecule has 1 atom stereocenters. The molecule has 1 unspecified atom stereocenters. The Morgan fingerprint density at radius 1 is 1.38 bits per heavy atom. The normalized spacial score (nSPS) is 19.5. The zero-order chi connectivity index (χ0) is 15.5. The van der Waals surface area contributed by atoms with E-state index in [4.69, 9.17) is 4.74 Å². The van der Waals surface area contributed by atoms with Gasteiger partial charge in [0.05, 0.1) is 23.9 Å². The summed E-state index contributed by atoms with van der Waals surface area (Å²) in [6, 6.07) is 5.65. The summed E-state index contributed by atoms with van der Waals surface area (Å²) in [4.78, 5) is 13.2. The summed E-state index contributed by atoms with van der Waals surface area (Å²) < 4.78 is 29.1. The van der Waals surface area contributed by atoms with Gasteiger partial charge in [0, 0.05) is 12.2 Å². The molecule has 116 valence electrons. The topological polar surface area (TPSA) is 83.9 Å². The Morgan fingerprint density at radius 3 is 2.62 bits per heavy atom. The average molecular weight is 313 g/mol. The van der Waals surface area contributed by atoms with Gasteiger partial charge in [-0.15, -0.1) is 0 Å². The van der Waals surface area contributed by atoms with Gasteiger partial charge in [-0.1, -0.05) is 6.92 Å². The Balaban J connectivity index is 2.24. The molecule has 7 heteroatoms. The predicted octanol–water partition coefficient (Wildman–Crippen LogP) is 1.16. The molecular formula is C14H19NO5S. The lowest BCUT2D eigenvalue weighted by molar-refractivity contribution is -0.141. The van der Waals surface area contributed by atoms with E-state index in [1.165, 1.54) is 12.1 Å². The predicted molar refractivity (Wildman–Crippen MR) is 78.4 cm³/mol. The van der Waals surface area contributed by atoms with Crippen molar-refractivity contribution >= 4 is 21.5 Å². The van der Waals surface area contributed by atoms with Gasteiger partial charge in [-0.3, -0.25) is 0 Å². The number of aliphatic carboxylic acids is 1. The number of hydrogen-bond acceptors (Lipinski definition) is 5. The largest absolute Gasteiger partial charge is 0.480 e. The number of rotatable bonds is 5. The van der Waals surface area contributed by atoms with Crippen LogP contribution in [-0.2, 0) is 19.4 Å². The molecule has 21 heavy (non-hydrogen) atoms. The highest BCUT2D eigenvalue weighted by Gasteiger charge is 2.29. The van der Waals surface area contributed by atoms with Crippen LogP contribution in [0.4, 0.5) is 5.69 Å². The van der Waals surface area contributed by atoms with Gasteiger partial charge in [0.1, 0.15) is 0 Å². The van der Waals surface area contributed by atoms with Gasteiger partial charge >= 0.3 is 5.97 Å². The van der Waals surface area contributed by atoms with E-state index in [0.717, 1.165) is 0 Å². The summed E-state index contributed by atoms with van der Waals surface area (Å²) in [7, 11) is -3.25. The third-order valence-electron chi connectivity index (χ3n) is 3.41. The number of carboxylic acids is 1. The second kappa shape index (κ2) is 6.44. The number of anilines is 1. The molecule has 1 N–H and O–H groups in total. The first kappa shape index (κ1) is 15.8. The number of sulfone groups is 1. The van der Waals surface area contributed by atoms with Gasteiger partial charge in [-0.25, -0.2) is 13.2 Å². The van der Waals surface area contributed by atoms with Crippen LogP contribution < -0.4 is 4.90 Å². The number of carboxylic acid groups (broad SMARTS) is 1. The monoisotopic (exact) mass is 313 g/mol. The minimum absolute atomic E-state index is 0.113.